The minimum atomic E-state index is -3.38. The number of hydrogen-bond donors (Lipinski definition) is 0. The van der Waals surface area contributed by atoms with Crippen molar-refractivity contribution < 1.29 is 8.42 Å². The second-order valence-corrected chi connectivity index (χ2v) is 9.15. The first-order valence-corrected chi connectivity index (χ1v) is 10.3. The number of hydrogen-bond acceptors (Lipinski definition) is 4. The molecule has 0 N–H and O–H groups in total. The zero-order valence-corrected chi connectivity index (χ0v) is 15.2. The van der Waals surface area contributed by atoms with Gasteiger partial charge in [0.1, 0.15) is 10.0 Å². The summed E-state index contributed by atoms with van der Waals surface area (Å²) in [5, 5.41) is 1.86. The van der Waals surface area contributed by atoms with Crippen molar-refractivity contribution in [2.75, 3.05) is 6.54 Å². The minimum absolute atomic E-state index is 0.0759. The van der Waals surface area contributed by atoms with Gasteiger partial charge in [-0.15, -0.1) is 11.3 Å². The Morgan fingerprint density at radius 3 is 2.87 bits per heavy atom. The van der Waals surface area contributed by atoms with E-state index in [1.165, 1.54) is 11.3 Å². The number of thiophene rings is 1. The lowest BCUT2D eigenvalue weighted by Gasteiger charge is -2.34. The van der Waals surface area contributed by atoms with E-state index in [1.54, 1.807) is 10.5 Å². The average Bonchev–Trinajstić information content (AvgIpc) is 3.14. The topological polar surface area (TPSA) is 55.2 Å². The Balaban J connectivity index is 1.79. The van der Waals surface area contributed by atoms with Gasteiger partial charge in [-0.3, -0.25) is 0 Å². The van der Waals surface area contributed by atoms with E-state index in [9.17, 15) is 8.42 Å². The van der Waals surface area contributed by atoms with E-state index in [0.29, 0.717) is 10.8 Å². The first-order valence-electron chi connectivity index (χ1n) is 8.02. The molecule has 1 saturated heterocycles. The normalized spacial score (nSPS) is 20.0. The number of imidazole rings is 1. The second kappa shape index (κ2) is 6.75. The smallest absolute Gasteiger partial charge is 0.253 e. The molecule has 2 aromatic heterocycles. The third-order valence-electron chi connectivity index (χ3n) is 4.55. The Kier molecular flexibility index (Phi) is 4.89. The summed E-state index contributed by atoms with van der Waals surface area (Å²) < 4.78 is 30.3. The largest absolute Gasteiger partial charge is 0.338 e. The minimum Gasteiger partial charge on any atom is -0.338 e. The van der Waals surface area contributed by atoms with Gasteiger partial charge in [-0.25, -0.2) is 13.4 Å². The first kappa shape index (κ1) is 16.7. The number of nitrogens with zero attached hydrogens (tertiary/aromatic N) is 3. The van der Waals surface area contributed by atoms with Crippen LogP contribution in [0.5, 0.6) is 0 Å². The molecule has 0 aliphatic carbocycles. The summed E-state index contributed by atoms with van der Waals surface area (Å²) in [4.78, 5) is 4.35. The van der Waals surface area contributed by atoms with Gasteiger partial charge in [0.15, 0.2) is 0 Å². The summed E-state index contributed by atoms with van der Waals surface area (Å²) in [6.45, 7) is 2.50. The van der Waals surface area contributed by atoms with Crippen molar-refractivity contribution in [3.63, 3.8) is 0 Å². The van der Waals surface area contributed by atoms with Crippen LogP contribution in [0.1, 0.15) is 37.1 Å². The van der Waals surface area contributed by atoms with Crippen LogP contribution < -0.4 is 0 Å². The van der Waals surface area contributed by atoms with Crippen LogP contribution in [-0.2, 0) is 23.5 Å². The molecule has 1 aliphatic heterocycles. The molecule has 126 valence electrons. The SMILES string of the molecule is Cc1ccsc1S(=O)(=O)N1CCCC[C@@H]1CCc1nccn1C. The fourth-order valence-electron chi connectivity index (χ4n) is 3.24. The monoisotopic (exact) mass is 353 g/mol. The Hall–Kier alpha value is -1.18. The molecular weight excluding hydrogens is 330 g/mol. The molecule has 0 aromatic carbocycles. The summed E-state index contributed by atoms with van der Waals surface area (Å²) in [5.41, 5.74) is 0.850. The van der Waals surface area contributed by atoms with Crippen LogP contribution >= 0.6 is 11.3 Å². The standard InChI is InChI=1S/C16H23N3O2S2/c1-13-8-12-22-16(13)23(20,21)19-10-4-3-5-14(19)6-7-15-17-9-11-18(15)2/h8-9,11-12,14H,3-7,10H2,1-2H3/t14-/m1/s1. The van der Waals surface area contributed by atoms with Crippen molar-refractivity contribution in [3.8, 4) is 0 Å². The molecule has 2 aromatic rings. The molecular formula is C16H23N3O2S2. The van der Waals surface area contributed by atoms with E-state index in [1.807, 2.05) is 36.2 Å². The van der Waals surface area contributed by atoms with Crippen LogP contribution in [0, 0.1) is 6.92 Å². The van der Waals surface area contributed by atoms with E-state index in [2.05, 4.69) is 4.98 Å². The molecule has 23 heavy (non-hydrogen) atoms. The highest BCUT2D eigenvalue weighted by Crippen LogP contribution is 2.31. The van der Waals surface area contributed by atoms with Gasteiger partial charge in [0.25, 0.3) is 10.0 Å². The van der Waals surface area contributed by atoms with Gasteiger partial charge in [0.05, 0.1) is 0 Å². The Morgan fingerprint density at radius 2 is 2.22 bits per heavy atom. The Morgan fingerprint density at radius 1 is 1.39 bits per heavy atom. The van der Waals surface area contributed by atoms with Crippen LogP contribution in [0.3, 0.4) is 0 Å². The molecule has 0 amide bonds. The summed E-state index contributed by atoms with van der Waals surface area (Å²) >= 11 is 1.32. The van der Waals surface area contributed by atoms with Gasteiger partial charge in [-0.1, -0.05) is 6.42 Å². The summed E-state index contributed by atoms with van der Waals surface area (Å²) in [5.74, 6) is 1.01. The van der Waals surface area contributed by atoms with Crippen LogP contribution in [-0.4, -0.2) is 34.9 Å². The predicted molar refractivity (Wildman–Crippen MR) is 92.1 cm³/mol. The molecule has 0 unspecified atom stereocenters. The highest BCUT2D eigenvalue weighted by atomic mass is 32.2. The molecule has 0 saturated carbocycles. The van der Waals surface area contributed by atoms with E-state index in [4.69, 9.17) is 0 Å². The molecule has 1 fully saturated rings. The fourth-order valence-corrected chi connectivity index (χ4v) is 6.49. The maximum absolute atomic E-state index is 13.0. The molecule has 3 rings (SSSR count). The Labute approximate surface area is 142 Å². The number of piperidine rings is 1. The van der Waals surface area contributed by atoms with Gasteiger partial charge in [-0.05, 0) is 43.2 Å². The van der Waals surface area contributed by atoms with Gasteiger partial charge >= 0.3 is 0 Å². The number of rotatable bonds is 5. The van der Waals surface area contributed by atoms with E-state index < -0.39 is 10.0 Å². The van der Waals surface area contributed by atoms with Crippen molar-refractivity contribution in [3.05, 3.63) is 35.2 Å². The third kappa shape index (κ3) is 3.36. The maximum atomic E-state index is 13.0. The van der Waals surface area contributed by atoms with Gasteiger partial charge in [-0.2, -0.15) is 4.31 Å². The van der Waals surface area contributed by atoms with Crippen molar-refractivity contribution in [2.24, 2.45) is 7.05 Å². The average molecular weight is 354 g/mol. The molecule has 7 heteroatoms. The lowest BCUT2D eigenvalue weighted by Crippen LogP contribution is -2.43. The van der Waals surface area contributed by atoms with E-state index in [0.717, 1.165) is 43.5 Å². The number of aromatic nitrogens is 2. The van der Waals surface area contributed by atoms with Crippen molar-refractivity contribution in [1.82, 2.24) is 13.9 Å². The maximum Gasteiger partial charge on any atom is 0.253 e. The second-order valence-electron chi connectivity index (χ2n) is 6.15. The molecule has 5 nitrogen and oxygen atoms in total. The summed E-state index contributed by atoms with van der Waals surface area (Å²) in [6, 6.07) is 1.96. The summed E-state index contributed by atoms with van der Waals surface area (Å²) in [7, 11) is -1.40. The first-order chi connectivity index (χ1) is 11.0. The third-order valence-corrected chi connectivity index (χ3v) is 8.17. The molecule has 3 heterocycles. The molecule has 1 atom stereocenters. The van der Waals surface area contributed by atoms with Gasteiger partial charge < -0.3 is 4.57 Å². The van der Waals surface area contributed by atoms with E-state index >= 15 is 0 Å². The van der Waals surface area contributed by atoms with Crippen molar-refractivity contribution in [2.45, 2.75) is 49.3 Å². The van der Waals surface area contributed by atoms with Crippen LogP contribution in [0.15, 0.2) is 28.0 Å². The predicted octanol–water partition coefficient (Wildman–Crippen LogP) is 2.97. The zero-order valence-electron chi connectivity index (χ0n) is 13.6. The number of aryl methyl sites for hydroxylation is 3. The fraction of sp³-hybridized carbons (Fsp3) is 0.562. The van der Waals surface area contributed by atoms with Gasteiger partial charge in [0.2, 0.25) is 0 Å². The van der Waals surface area contributed by atoms with Crippen LogP contribution in [0.2, 0.25) is 0 Å². The van der Waals surface area contributed by atoms with Crippen molar-refractivity contribution >= 4 is 21.4 Å². The van der Waals surface area contributed by atoms with Crippen LogP contribution in [0.4, 0.5) is 0 Å². The molecule has 0 bridgehead atoms. The Bertz CT molecular complexity index is 764. The van der Waals surface area contributed by atoms with Gasteiger partial charge in [0, 0.05) is 38.4 Å². The number of sulfonamides is 1. The summed E-state index contributed by atoms with van der Waals surface area (Å²) in [6.07, 6.45) is 8.34. The van der Waals surface area contributed by atoms with E-state index in [-0.39, 0.29) is 6.04 Å². The van der Waals surface area contributed by atoms with Crippen LogP contribution in [0.25, 0.3) is 0 Å². The molecule has 0 radical (unpaired) electrons. The molecule has 0 spiro atoms. The highest BCUT2D eigenvalue weighted by molar-refractivity contribution is 7.91. The lowest BCUT2D eigenvalue weighted by atomic mass is 10.0. The quantitative estimate of drug-likeness (QED) is 0.830. The molecule has 1 aliphatic rings. The zero-order chi connectivity index (χ0) is 16.4. The lowest BCUT2D eigenvalue weighted by molar-refractivity contribution is 0.240. The highest BCUT2D eigenvalue weighted by Gasteiger charge is 2.34. The van der Waals surface area contributed by atoms with Crippen molar-refractivity contribution in [1.29, 1.82) is 0 Å².